The van der Waals surface area contributed by atoms with Crippen LogP contribution >= 0.6 is 0 Å². The highest BCUT2D eigenvalue weighted by Crippen LogP contribution is 2.50. The molecule has 10 aromatic carbocycles. The number of benzene rings is 10. The molecule has 4 nitrogen and oxygen atoms in total. The second kappa shape index (κ2) is 18.7. The fraction of sp³-hybridized carbons (Fsp3) is 0.143. The Labute approximate surface area is 444 Å². The zero-order valence-corrected chi connectivity index (χ0v) is 44.4. The lowest BCUT2D eigenvalue weighted by Gasteiger charge is -2.45. The number of nitrogens with zero attached hydrogens (tertiary/aromatic N) is 4. The molecule has 2 aliphatic heterocycles. The summed E-state index contributed by atoms with van der Waals surface area (Å²) in [5.74, 6) is 0. The van der Waals surface area contributed by atoms with E-state index in [-0.39, 0.29) is 17.5 Å². The summed E-state index contributed by atoms with van der Waals surface area (Å²) in [5, 5.41) is 0. The third kappa shape index (κ3) is 8.66. The second-order valence-electron chi connectivity index (χ2n) is 22.5. The van der Waals surface area contributed by atoms with Crippen LogP contribution in [0.5, 0.6) is 0 Å². The van der Waals surface area contributed by atoms with Gasteiger partial charge in [-0.25, -0.2) is 0 Å². The fourth-order valence-electron chi connectivity index (χ4n) is 11.6. The summed E-state index contributed by atoms with van der Waals surface area (Å²) in [6.07, 6.45) is 0. The number of hydrogen-bond acceptors (Lipinski definition) is 4. The van der Waals surface area contributed by atoms with E-state index in [9.17, 15) is 0 Å². The molecule has 0 amide bonds. The molecule has 0 spiro atoms. The first-order chi connectivity index (χ1) is 36.3. The van der Waals surface area contributed by atoms with Gasteiger partial charge in [0.05, 0.1) is 5.69 Å². The quantitative estimate of drug-likeness (QED) is 0.134. The van der Waals surface area contributed by atoms with Gasteiger partial charge in [0.25, 0.3) is 6.71 Å². The molecule has 0 fully saturated rings. The average Bonchev–Trinajstić information content (AvgIpc) is 3.41. The Bertz CT molecular complexity index is 3610. The molecule has 75 heavy (non-hydrogen) atoms. The van der Waals surface area contributed by atoms with Crippen molar-refractivity contribution in [2.75, 3.05) is 19.6 Å². The van der Waals surface area contributed by atoms with Crippen molar-refractivity contribution >= 4 is 91.3 Å². The Kier molecular flexibility index (Phi) is 11.9. The third-order valence-corrected chi connectivity index (χ3v) is 15.2. The molecule has 2 aliphatic rings. The summed E-state index contributed by atoms with van der Waals surface area (Å²) in [6.45, 7) is 18.2. The zero-order chi connectivity index (χ0) is 51.6. The summed E-state index contributed by atoms with van der Waals surface area (Å²) < 4.78 is 0. The van der Waals surface area contributed by atoms with Crippen molar-refractivity contribution < 1.29 is 0 Å². The van der Waals surface area contributed by atoms with Gasteiger partial charge in [-0.2, -0.15) is 0 Å². The third-order valence-electron chi connectivity index (χ3n) is 15.2. The highest BCUT2D eigenvalue weighted by atomic mass is 15.2. The van der Waals surface area contributed by atoms with E-state index >= 15 is 0 Å². The molecular weight excluding hydrogens is 908 g/mol. The topological polar surface area (TPSA) is 13.0 Å². The van der Waals surface area contributed by atoms with E-state index in [1.807, 2.05) is 0 Å². The van der Waals surface area contributed by atoms with Gasteiger partial charge < -0.3 is 19.6 Å². The maximum absolute atomic E-state index is 2.59. The molecule has 0 N–H and O–H groups in total. The molecule has 5 heteroatoms. The minimum Gasteiger partial charge on any atom is -0.311 e. The summed E-state index contributed by atoms with van der Waals surface area (Å²) >= 11 is 0. The zero-order valence-electron chi connectivity index (χ0n) is 44.4. The van der Waals surface area contributed by atoms with E-state index in [1.54, 1.807) is 0 Å². The van der Waals surface area contributed by atoms with Crippen LogP contribution in [0.1, 0.15) is 63.8 Å². The largest absolute Gasteiger partial charge is 0.311 e. The Morgan fingerprint density at radius 3 is 1.21 bits per heavy atom. The highest BCUT2D eigenvalue weighted by molar-refractivity contribution is 7.00. The van der Waals surface area contributed by atoms with E-state index in [4.69, 9.17) is 0 Å². The molecule has 12 rings (SSSR count). The number of aryl methyl sites for hydroxylation is 2. The predicted octanol–water partition coefficient (Wildman–Crippen LogP) is 17.6. The van der Waals surface area contributed by atoms with Gasteiger partial charge >= 0.3 is 0 Å². The lowest BCUT2D eigenvalue weighted by molar-refractivity contribution is 0.590. The van der Waals surface area contributed by atoms with E-state index < -0.39 is 0 Å². The Balaban J connectivity index is 1.16. The van der Waals surface area contributed by atoms with Crippen molar-refractivity contribution in [3.8, 4) is 11.1 Å². The van der Waals surface area contributed by atoms with Crippen LogP contribution in [0.15, 0.2) is 237 Å². The molecular formula is C70H63BN4. The minimum atomic E-state index is -0.0898. The van der Waals surface area contributed by atoms with Crippen LogP contribution < -0.4 is 36.0 Å². The molecule has 2 heterocycles. The Morgan fingerprint density at radius 1 is 0.333 bits per heavy atom. The van der Waals surface area contributed by atoms with E-state index in [2.05, 4.69) is 312 Å². The molecule has 0 bridgehead atoms. The van der Waals surface area contributed by atoms with Crippen molar-refractivity contribution in [3.63, 3.8) is 0 Å². The van der Waals surface area contributed by atoms with E-state index in [0.717, 1.165) is 56.9 Å². The van der Waals surface area contributed by atoms with E-state index in [1.165, 1.54) is 61.1 Å². The molecule has 0 aliphatic carbocycles. The summed E-state index contributed by atoms with van der Waals surface area (Å²) in [5.41, 5.74) is 24.8. The monoisotopic (exact) mass is 971 g/mol. The number of anilines is 12. The summed E-state index contributed by atoms with van der Waals surface area (Å²) in [4.78, 5) is 9.90. The molecule has 0 saturated carbocycles. The Morgan fingerprint density at radius 2 is 0.760 bits per heavy atom. The van der Waals surface area contributed by atoms with Gasteiger partial charge in [0.1, 0.15) is 0 Å². The van der Waals surface area contributed by atoms with Crippen LogP contribution in [0.2, 0.25) is 0 Å². The van der Waals surface area contributed by atoms with Crippen molar-refractivity contribution in [3.05, 3.63) is 259 Å². The van der Waals surface area contributed by atoms with Gasteiger partial charge in [0, 0.05) is 68.1 Å². The molecule has 0 saturated heterocycles. The standard InChI is InChI=1S/C70H63BN4/c1-48-42-49(2)44-50(43-48)60-45-52(70(6,7)8)34-41-63(60)75-65-31-21-30-64-68(65)71(62-40-38-59(47-67(62)75)73(55-26-17-11-18-27-55)56-28-19-12-20-29-56)61-39-37-58(72(53-22-13-9-14-23-53)54-24-15-10-16-25-54)46-66(61)74(64)57-35-32-51(33-36-57)69(3,4)5/h9-47H,1-8H3. The highest BCUT2D eigenvalue weighted by Gasteiger charge is 2.44. The van der Waals surface area contributed by atoms with Crippen LogP contribution in [0.4, 0.5) is 68.2 Å². The molecule has 0 radical (unpaired) electrons. The van der Waals surface area contributed by atoms with Gasteiger partial charge in [-0.05, 0) is 167 Å². The average molecular weight is 971 g/mol. The van der Waals surface area contributed by atoms with Crippen LogP contribution in [0.25, 0.3) is 11.1 Å². The summed E-state index contributed by atoms with van der Waals surface area (Å²) in [7, 11) is 0. The number of hydrogen-bond donors (Lipinski definition) is 0. The normalized spacial score (nSPS) is 12.7. The minimum absolute atomic E-state index is 0.00409. The first-order valence-electron chi connectivity index (χ1n) is 26.5. The molecule has 0 unspecified atom stereocenters. The van der Waals surface area contributed by atoms with Crippen molar-refractivity contribution in [2.45, 2.75) is 66.2 Å². The molecule has 0 aromatic heterocycles. The van der Waals surface area contributed by atoms with Gasteiger partial charge in [-0.15, -0.1) is 0 Å². The number of para-hydroxylation sites is 4. The van der Waals surface area contributed by atoms with Crippen molar-refractivity contribution in [2.24, 2.45) is 0 Å². The summed E-state index contributed by atoms with van der Waals surface area (Å²) in [6, 6.07) is 88.0. The lowest BCUT2D eigenvalue weighted by atomic mass is 9.33. The second-order valence-corrected chi connectivity index (χ2v) is 22.5. The molecule has 0 atom stereocenters. The van der Waals surface area contributed by atoms with Crippen LogP contribution in [-0.2, 0) is 10.8 Å². The SMILES string of the molecule is Cc1cc(C)cc(-c2cc(C(C)(C)C)ccc2N2c3cc(N(c4ccccc4)c4ccccc4)ccc3B3c4ccc(N(c5ccccc5)c5ccccc5)cc4N(c4ccc(C(C)(C)C)cc4)c4cccc2c43)c1. The van der Waals surface area contributed by atoms with Crippen LogP contribution in [-0.4, -0.2) is 6.71 Å². The maximum atomic E-state index is 2.59. The lowest BCUT2D eigenvalue weighted by Crippen LogP contribution is -2.61. The van der Waals surface area contributed by atoms with Crippen molar-refractivity contribution in [1.82, 2.24) is 0 Å². The van der Waals surface area contributed by atoms with Crippen LogP contribution in [0, 0.1) is 13.8 Å². The smallest absolute Gasteiger partial charge is 0.252 e. The fourth-order valence-corrected chi connectivity index (χ4v) is 11.6. The van der Waals surface area contributed by atoms with Gasteiger partial charge in [0.2, 0.25) is 0 Å². The number of fused-ring (bicyclic) bond motifs is 4. The molecule has 366 valence electrons. The van der Waals surface area contributed by atoms with Gasteiger partial charge in [0.15, 0.2) is 0 Å². The first kappa shape index (κ1) is 47.5. The van der Waals surface area contributed by atoms with Crippen molar-refractivity contribution in [1.29, 1.82) is 0 Å². The van der Waals surface area contributed by atoms with Gasteiger partial charge in [-0.1, -0.05) is 180 Å². The molecule has 10 aromatic rings. The first-order valence-corrected chi connectivity index (χ1v) is 26.5. The predicted molar refractivity (Wildman–Crippen MR) is 322 cm³/mol. The number of rotatable bonds is 9. The maximum Gasteiger partial charge on any atom is 0.252 e. The van der Waals surface area contributed by atoms with E-state index in [0.29, 0.717) is 0 Å². The Hall–Kier alpha value is -8.54. The van der Waals surface area contributed by atoms with Gasteiger partial charge in [-0.3, -0.25) is 0 Å². The van der Waals surface area contributed by atoms with Crippen LogP contribution in [0.3, 0.4) is 0 Å².